The Morgan fingerprint density at radius 1 is 1.22 bits per heavy atom. The summed E-state index contributed by atoms with van der Waals surface area (Å²) in [5.74, 6) is -0.135. The van der Waals surface area contributed by atoms with E-state index in [1.165, 1.54) is 12.1 Å². The van der Waals surface area contributed by atoms with E-state index in [-0.39, 0.29) is 12.5 Å². The van der Waals surface area contributed by atoms with Gasteiger partial charge in [-0.15, -0.1) is 0 Å². The first kappa shape index (κ1) is 17.8. The second-order valence-electron chi connectivity index (χ2n) is 6.23. The summed E-state index contributed by atoms with van der Waals surface area (Å²) in [7, 11) is 1.68. The monoisotopic (exact) mass is 328 g/mol. The number of carbonyl (C=O) groups excluding carboxylic acids is 1. The Hall–Kier alpha value is -1.56. The van der Waals surface area contributed by atoms with E-state index in [4.69, 9.17) is 0 Å². The highest BCUT2D eigenvalue weighted by molar-refractivity contribution is 5.78. The molecule has 0 heterocycles. The summed E-state index contributed by atoms with van der Waals surface area (Å²) in [6.45, 7) is 0.591. The number of amides is 1. The van der Waals surface area contributed by atoms with Gasteiger partial charge in [0.1, 0.15) is 0 Å². The molecule has 0 aromatic heterocycles. The van der Waals surface area contributed by atoms with Crippen LogP contribution in [0.1, 0.15) is 43.2 Å². The Bertz CT molecular complexity index is 537. The molecule has 2 rings (SSSR count). The molecule has 0 unspecified atom stereocenters. The van der Waals surface area contributed by atoms with Crippen LogP contribution >= 0.6 is 0 Å². The summed E-state index contributed by atoms with van der Waals surface area (Å²) < 4.78 is 39.0. The van der Waals surface area contributed by atoms with E-state index < -0.39 is 17.2 Å². The summed E-state index contributed by atoms with van der Waals surface area (Å²) in [5.41, 5.74) is -0.346. The van der Waals surface area contributed by atoms with Crippen LogP contribution in [-0.4, -0.2) is 26.0 Å². The summed E-state index contributed by atoms with van der Waals surface area (Å²) in [6, 6.07) is 5.56. The molecule has 23 heavy (non-hydrogen) atoms. The summed E-state index contributed by atoms with van der Waals surface area (Å²) in [6.07, 6.45) is 0.283. The summed E-state index contributed by atoms with van der Waals surface area (Å²) in [5, 5.41) is 5.64. The third kappa shape index (κ3) is 4.47. The minimum atomic E-state index is -4.35. The molecule has 0 atom stereocenters. The van der Waals surface area contributed by atoms with Crippen LogP contribution in [0.25, 0.3) is 0 Å². The van der Waals surface area contributed by atoms with Gasteiger partial charge in [0.2, 0.25) is 5.91 Å². The largest absolute Gasteiger partial charge is 0.416 e. The van der Waals surface area contributed by atoms with Crippen LogP contribution in [0.2, 0.25) is 0 Å². The van der Waals surface area contributed by atoms with E-state index in [1.807, 2.05) is 0 Å². The zero-order valence-electron chi connectivity index (χ0n) is 13.3. The molecule has 1 aliphatic carbocycles. The Labute approximate surface area is 134 Å². The van der Waals surface area contributed by atoms with E-state index in [9.17, 15) is 18.0 Å². The fourth-order valence-electron chi connectivity index (χ4n) is 3.31. The maximum atomic E-state index is 13.0. The van der Waals surface area contributed by atoms with Gasteiger partial charge in [0.05, 0.1) is 12.1 Å². The Kier molecular flexibility index (Phi) is 5.68. The summed E-state index contributed by atoms with van der Waals surface area (Å²) in [4.78, 5) is 11.7. The minimum absolute atomic E-state index is 0.135. The molecule has 1 aliphatic rings. The molecule has 0 radical (unpaired) electrons. The molecule has 0 saturated heterocycles. The van der Waals surface area contributed by atoms with Crippen molar-refractivity contribution in [3.8, 4) is 0 Å². The van der Waals surface area contributed by atoms with Crippen LogP contribution in [0, 0.1) is 0 Å². The quantitative estimate of drug-likeness (QED) is 0.871. The number of alkyl halides is 3. The van der Waals surface area contributed by atoms with Crippen LogP contribution in [0.5, 0.6) is 0 Å². The smallest absolute Gasteiger partial charge is 0.354 e. The topological polar surface area (TPSA) is 41.1 Å². The van der Waals surface area contributed by atoms with E-state index in [1.54, 1.807) is 13.1 Å². The van der Waals surface area contributed by atoms with Crippen LogP contribution in [-0.2, 0) is 16.4 Å². The van der Waals surface area contributed by atoms with Crippen LogP contribution in [0.3, 0.4) is 0 Å². The third-order valence-corrected chi connectivity index (χ3v) is 4.57. The molecule has 1 amide bonds. The van der Waals surface area contributed by atoms with Gasteiger partial charge in [0.25, 0.3) is 0 Å². The molecule has 0 aliphatic heterocycles. The van der Waals surface area contributed by atoms with Gasteiger partial charge in [0.15, 0.2) is 0 Å². The van der Waals surface area contributed by atoms with Gasteiger partial charge < -0.3 is 10.6 Å². The second kappa shape index (κ2) is 7.34. The molecule has 1 aromatic carbocycles. The lowest BCUT2D eigenvalue weighted by molar-refractivity contribution is -0.137. The van der Waals surface area contributed by atoms with E-state index in [0.717, 1.165) is 38.2 Å². The minimum Gasteiger partial charge on any atom is -0.354 e. The maximum absolute atomic E-state index is 13.0. The predicted molar refractivity (Wildman–Crippen MR) is 83.1 cm³/mol. The Balaban J connectivity index is 2.25. The van der Waals surface area contributed by atoms with Crippen molar-refractivity contribution in [2.75, 3.05) is 20.1 Å². The van der Waals surface area contributed by atoms with Crippen LogP contribution < -0.4 is 10.6 Å². The number of carbonyl (C=O) groups is 1. The molecule has 1 fully saturated rings. The fraction of sp³-hybridized carbons (Fsp3) is 0.588. The molecule has 3 nitrogen and oxygen atoms in total. The number of nitrogens with one attached hydrogen (secondary N) is 2. The van der Waals surface area contributed by atoms with Crippen molar-refractivity contribution in [2.24, 2.45) is 0 Å². The van der Waals surface area contributed by atoms with Gasteiger partial charge in [-0.05, 0) is 31.5 Å². The lowest BCUT2D eigenvalue weighted by atomic mass is 9.69. The molecule has 128 valence electrons. The summed E-state index contributed by atoms with van der Waals surface area (Å²) >= 11 is 0. The zero-order chi connectivity index (χ0) is 16.9. The molecule has 1 aromatic rings. The molecular weight excluding hydrogens is 305 g/mol. The Morgan fingerprint density at radius 3 is 2.52 bits per heavy atom. The van der Waals surface area contributed by atoms with Gasteiger partial charge in [-0.2, -0.15) is 13.2 Å². The number of likely N-dealkylation sites (N-methyl/N-ethyl adjacent to an activating group) is 1. The number of halogens is 3. The highest BCUT2D eigenvalue weighted by Gasteiger charge is 2.37. The standard InChI is InChI=1S/C17H23F3N2O/c1-21-11-15(23)22-12-16(8-3-2-4-9-16)13-6-5-7-14(10-13)17(18,19)20/h5-7,10,21H,2-4,8-9,11-12H2,1H3,(H,22,23). The molecule has 1 saturated carbocycles. The Morgan fingerprint density at radius 2 is 1.91 bits per heavy atom. The van der Waals surface area contributed by atoms with Crippen molar-refractivity contribution in [1.29, 1.82) is 0 Å². The predicted octanol–water partition coefficient (Wildman–Crippen LogP) is 3.24. The highest BCUT2D eigenvalue weighted by Crippen LogP contribution is 2.41. The molecule has 6 heteroatoms. The van der Waals surface area contributed by atoms with Crippen LogP contribution in [0.4, 0.5) is 13.2 Å². The van der Waals surface area contributed by atoms with Crippen molar-refractivity contribution in [3.63, 3.8) is 0 Å². The van der Waals surface area contributed by atoms with Crippen LogP contribution in [0.15, 0.2) is 24.3 Å². The maximum Gasteiger partial charge on any atom is 0.416 e. The first-order valence-corrected chi connectivity index (χ1v) is 7.96. The van der Waals surface area contributed by atoms with Crippen molar-refractivity contribution in [1.82, 2.24) is 10.6 Å². The first-order chi connectivity index (χ1) is 10.9. The lowest BCUT2D eigenvalue weighted by Crippen LogP contribution is -2.44. The SMILES string of the molecule is CNCC(=O)NCC1(c2cccc(C(F)(F)F)c2)CCCCC1. The number of hydrogen-bond donors (Lipinski definition) is 2. The third-order valence-electron chi connectivity index (χ3n) is 4.57. The van der Waals surface area contributed by atoms with Gasteiger partial charge in [-0.25, -0.2) is 0 Å². The number of hydrogen-bond acceptors (Lipinski definition) is 2. The zero-order valence-corrected chi connectivity index (χ0v) is 13.3. The lowest BCUT2D eigenvalue weighted by Gasteiger charge is -2.38. The normalized spacial score (nSPS) is 17.7. The van der Waals surface area contributed by atoms with Gasteiger partial charge in [-0.3, -0.25) is 4.79 Å². The van der Waals surface area contributed by atoms with Crippen molar-refractivity contribution in [3.05, 3.63) is 35.4 Å². The second-order valence-corrected chi connectivity index (χ2v) is 6.23. The number of benzene rings is 1. The van der Waals surface area contributed by atoms with E-state index in [0.29, 0.717) is 12.1 Å². The van der Waals surface area contributed by atoms with Crippen molar-refractivity contribution >= 4 is 5.91 Å². The molecular formula is C17H23F3N2O. The van der Waals surface area contributed by atoms with E-state index in [2.05, 4.69) is 10.6 Å². The molecule has 0 spiro atoms. The van der Waals surface area contributed by atoms with Crippen molar-refractivity contribution in [2.45, 2.75) is 43.7 Å². The van der Waals surface area contributed by atoms with Gasteiger partial charge in [-0.1, -0.05) is 37.5 Å². The van der Waals surface area contributed by atoms with Crippen molar-refractivity contribution < 1.29 is 18.0 Å². The average Bonchev–Trinajstić information content (AvgIpc) is 2.53. The number of rotatable bonds is 5. The molecule has 0 bridgehead atoms. The molecule has 2 N–H and O–H groups in total. The fourth-order valence-corrected chi connectivity index (χ4v) is 3.31. The average molecular weight is 328 g/mol. The highest BCUT2D eigenvalue weighted by atomic mass is 19.4. The van der Waals surface area contributed by atoms with E-state index >= 15 is 0 Å². The van der Waals surface area contributed by atoms with Gasteiger partial charge >= 0.3 is 6.18 Å². The first-order valence-electron chi connectivity index (χ1n) is 7.96. The van der Waals surface area contributed by atoms with Gasteiger partial charge in [0, 0.05) is 12.0 Å².